The van der Waals surface area contributed by atoms with Crippen molar-refractivity contribution in [2.75, 3.05) is 13.6 Å². The van der Waals surface area contributed by atoms with Crippen molar-refractivity contribution in [3.05, 3.63) is 29.8 Å². The highest BCUT2D eigenvalue weighted by Crippen LogP contribution is 2.15. The molecule has 0 spiro atoms. The first-order chi connectivity index (χ1) is 8.52. The summed E-state index contributed by atoms with van der Waals surface area (Å²) in [6.45, 7) is -2.11. The van der Waals surface area contributed by atoms with Gasteiger partial charge in [0, 0.05) is 26.6 Å². The first-order valence-electron chi connectivity index (χ1n) is 5.50. The SMILES string of the molecule is CN(Cc1ccc(OC(F)F)cc1)C(=O)CCN.Cl. The normalized spacial score (nSPS) is 9.95. The van der Waals surface area contributed by atoms with Gasteiger partial charge in [-0.3, -0.25) is 4.79 Å². The molecule has 108 valence electrons. The van der Waals surface area contributed by atoms with Crippen LogP contribution in [0.1, 0.15) is 12.0 Å². The molecule has 1 rings (SSSR count). The Labute approximate surface area is 116 Å². The predicted octanol–water partition coefficient (Wildman–Crippen LogP) is 2.02. The summed E-state index contributed by atoms with van der Waals surface area (Å²) in [6, 6.07) is 6.18. The van der Waals surface area contributed by atoms with Crippen LogP contribution in [0.4, 0.5) is 8.78 Å². The molecule has 0 atom stereocenters. The Hall–Kier alpha value is -1.40. The van der Waals surface area contributed by atoms with Crippen LogP contribution in [0.2, 0.25) is 0 Å². The number of benzene rings is 1. The largest absolute Gasteiger partial charge is 0.435 e. The third kappa shape index (κ3) is 6.35. The van der Waals surface area contributed by atoms with Gasteiger partial charge in [0.25, 0.3) is 0 Å². The van der Waals surface area contributed by atoms with Gasteiger partial charge in [-0.15, -0.1) is 12.4 Å². The Balaban J connectivity index is 0.00000324. The molecule has 7 heteroatoms. The summed E-state index contributed by atoms with van der Waals surface area (Å²) in [5.74, 6) is 0.0510. The van der Waals surface area contributed by atoms with E-state index in [9.17, 15) is 13.6 Å². The molecule has 0 heterocycles. The standard InChI is InChI=1S/C12H16F2N2O2.ClH/c1-16(11(17)6-7-15)8-9-2-4-10(5-3-9)18-12(13)14;/h2-5,12H,6-8,15H2,1H3;1H. The first-order valence-corrected chi connectivity index (χ1v) is 5.50. The van der Waals surface area contributed by atoms with Crippen LogP contribution in [0, 0.1) is 0 Å². The number of rotatable bonds is 6. The van der Waals surface area contributed by atoms with Gasteiger partial charge in [-0.25, -0.2) is 0 Å². The zero-order valence-corrected chi connectivity index (χ0v) is 11.3. The molecular formula is C12H17ClF2N2O2. The summed E-state index contributed by atoms with van der Waals surface area (Å²) in [5.41, 5.74) is 6.13. The average Bonchev–Trinajstić information content (AvgIpc) is 2.31. The van der Waals surface area contributed by atoms with Gasteiger partial charge in [0.15, 0.2) is 0 Å². The van der Waals surface area contributed by atoms with Crippen molar-refractivity contribution in [1.29, 1.82) is 0 Å². The van der Waals surface area contributed by atoms with Crippen LogP contribution in [0.25, 0.3) is 0 Å². The number of nitrogens with two attached hydrogens (primary N) is 1. The number of ether oxygens (including phenoxy) is 1. The van der Waals surface area contributed by atoms with Crippen molar-refractivity contribution in [1.82, 2.24) is 4.90 Å². The second-order valence-electron chi connectivity index (χ2n) is 3.81. The van der Waals surface area contributed by atoms with E-state index in [0.29, 0.717) is 19.5 Å². The quantitative estimate of drug-likeness (QED) is 0.873. The topological polar surface area (TPSA) is 55.6 Å². The summed E-state index contributed by atoms with van der Waals surface area (Å²) in [7, 11) is 1.67. The predicted molar refractivity (Wildman–Crippen MR) is 70.5 cm³/mol. The van der Waals surface area contributed by atoms with E-state index in [2.05, 4.69) is 4.74 Å². The maximum absolute atomic E-state index is 11.9. The van der Waals surface area contributed by atoms with E-state index in [0.717, 1.165) is 5.56 Å². The minimum Gasteiger partial charge on any atom is -0.435 e. The third-order valence-electron chi connectivity index (χ3n) is 2.35. The fourth-order valence-corrected chi connectivity index (χ4v) is 1.45. The van der Waals surface area contributed by atoms with Gasteiger partial charge in [0.2, 0.25) is 5.91 Å². The minimum absolute atomic E-state index is 0. The molecule has 1 aromatic carbocycles. The highest BCUT2D eigenvalue weighted by Gasteiger charge is 2.08. The molecule has 1 amide bonds. The Morgan fingerprint density at radius 1 is 1.37 bits per heavy atom. The Morgan fingerprint density at radius 2 is 1.95 bits per heavy atom. The molecule has 0 unspecified atom stereocenters. The number of carbonyl (C=O) groups excluding carboxylic acids is 1. The highest BCUT2D eigenvalue weighted by molar-refractivity contribution is 5.85. The number of hydrogen-bond acceptors (Lipinski definition) is 3. The number of amides is 1. The molecule has 0 saturated heterocycles. The van der Waals surface area contributed by atoms with Crippen molar-refractivity contribution in [2.45, 2.75) is 19.6 Å². The summed E-state index contributed by atoms with van der Waals surface area (Å²) in [4.78, 5) is 13.0. The monoisotopic (exact) mass is 294 g/mol. The van der Waals surface area contributed by atoms with E-state index < -0.39 is 6.61 Å². The second-order valence-corrected chi connectivity index (χ2v) is 3.81. The summed E-state index contributed by atoms with van der Waals surface area (Å²) in [5, 5.41) is 0. The smallest absolute Gasteiger partial charge is 0.387 e. The number of hydrogen-bond donors (Lipinski definition) is 1. The molecular weight excluding hydrogens is 278 g/mol. The lowest BCUT2D eigenvalue weighted by molar-refractivity contribution is -0.130. The van der Waals surface area contributed by atoms with Crippen LogP contribution in [0.5, 0.6) is 5.75 Å². The molecule has 2 N–H and O–H groups in total. The van der Waals surface area contributed by atoms with Gasteiger partial charge in [-0.05, 0) is 17.7 Å². The van der Waals surface area contributed by atoms with E-state index >= 15 is 0 Å². The minimum atomic E-state index is -2.83. The molecule has 0 radical (unpaired) electrons. The van der Waals surface area contributed by atoms with Crippen molar-refractivity contribution in [3.8, 4) is 5.75 Å². The Morgan fingerprint density at radius 3 is 2.42 bits per heavy atom. The zero-order valence-electron chi connectivity index (χ0n) is 10.5. The molecule has 0 fully saturated rings. The summed E-state index contributed by atoms with van der Waals surface area (Å²) < 4.78 is 28.1. The Bertz CT molecular complexity index is 388. The van der Waals surface area contributed by atoms with E-state index in [1.54, 1.807) is 19.2 Å². The number of halogens is 3. The van der Waals surface area contributed by atoms with Crippen LogP contribution in [-0.2, 0) is 11.3 Å². The van der Waals surface area contributed by atoms with Crippen molar-refractivity contribution >= 4 is 18.3 Å². The zero-order chi connectivity index (χ0) is 13.5. The van der Waals surface area contributed by atoms with Crippen LogP contribution in [0.3, 0.4) is 0 Å². The number of carbonyl (C=O) groups is 1. The van der Waals surface area contributed by atoms with E-state index in [-0.39, 0.29) is 24.1 Å². The molecule has 0 saturated carbocycles. The lowest BCUT2D eigenvalue weighted by atomic mass is 10.2. The van der Waals surface area contributed by atoms with Crippen LogP contribution in [0.15, 0.2) is 24.3 Å². The lowest BCUT2D eigenvalue weighted by Crippen LogP contribution is -2.27. The molecule has 0 aliphatic heterocycles. The highest BCUT2D eigenvalue weighted by atomic mass is 35.5. The maximum atomic E-state index is 11.9. The van der Waals surface area contributed by atoms with Gasteiger partial charge in [-0.1, -0.05) is 12.1 Å². The maximum Gasteiger partial charge on any atom is 0.387 e. The first kappa shape index (κ1) is 17.6. The van der Waals surface area contributed by atoms with Crippen molar-refractivity contribution in [2.24, 2.45) is 5.73 Å². The van der Waals surface area contributed by atoms with Gasteiger partial charge in [0.1, 0.15) is 5.75 Å². The van der Waals surface area contributed by atoms with Gasteiger partial charge in [-0.2, -0.15) is 8.78 Å². The fraction of sp³-hybridized carbons (Fsp3) is 0.417. The third-order valence-corrected chi connectivity index (χ3v) is 2.35. The van der Waals surface area contributed by atoms with Crippen molar-refractivity contribution < 1.29 is 18.3 Å². The second kappa shape index (κ2) is 8.66. The molecule has 0 aliphatic rings. The summed E-state index contributed by atoms with van der Waals surface area (Å²) >= 11 is 0. The number of alkyl halides is 2. The van der Waals surface area contributed by atoms with Crippen LogP contribution < -0.4 is 10.5 Å². The van der Waals surface area contributed by atoms with Gasteiger partial charge in [0.05, 0.1) is 0 Å². The average molecular weight is 295 g/mol. The van der Waals surface area contributed by atoms with E-state index in [1.165, 1.54) is 17.0 Å². The molecule has 4 nitrogen and oxygen atoms in total. The van der Waals surface area contributed by atoms with Crippen molar-refractivity contribution in [3.63, 3.8) is 0 Å². The Kier molecular flexibility index (Phi) is 8.02. The van der Waals surface area contributed by atoms with E-state index in [4.69, 9.17) is 5.73 Å². The van der Waals surface area contributed by atoms with Crippen LogP contribution >= 0.6 is 12.4 Å². The number of nitrogens with zero attached hydrogens (tertiary/aromatic N) is 1. The van der Waals surface area contributed by atoms with Gasteiger partial charge >= 0.3 is 6.61 Å². The fourth-order valence-electron chi connectivity index (χ4n) is 1.45. The van der Waals surface area contributed by atoms with Crippen LogP contribution in [-0.4, -0.2) is 31.0 Å². The van der Waals surface area contributed by atoms with E-state index in [1.807, 2.05) is 0 Å². The van der Waals surface area contributed by atoms with Gasteiger partial charge < -0.3 is 15.4 Å². The molecule has 1 aromatic rings. The molecule has 0 bridgehead atoms. The summed E-state index contributed by atoms with van der Waals surface area (Å²) in [6.07, 6.45) is 0.295. The molecule has 0 aliphatic carbocycles. The molecule has 19 heavy (non-hydrogen) atoms. The molecule has 0 aromatic heterocycles. The lowest BCUT2D eigenvalue weighted by Gasteiger charge is -2.17.